The Labute approximate surface area is 206 Å². The van der Waals surface area contributed by atoms with Gasteiger partial charge in [0, 0.05) is 16.6 Å². The minimum absolute atomic E-state index is 0.0525. The second kappa shape index (κ2) is 10.4. The van der Waals surface area contributed by atoms with Crippen LogP contribution in [0.4, 0.5) is 0 Å². The largest absolute Gasteiger partial charge is 0.454 e. The molecule has 0 atom stereocenters. The van der Waals surface area contributed by atoms with E-state index in [9.17, 15) is 13.2 Å². The van der Waals surface area contributed by atoms with Gasteiger partial charge in [-0.15, -0.1) is 0 Å². The van der Waals surface area contributed by atoms with E-state index < -0.39 is 22.5 Å². The van der Waals surface area contributed by atoms with Gasteiger partial charge in [-0.05, 0) is 53.6 Å². The minimum atomic E-state index is -4.01. The topological polar surface area (TPSA) is 97.3 Å². The maximum absolute atomic E-state index is 13.3. The molecule has 1 amide bonds. The summed E-state index contributed by atoms with van der Waals surface area (Å²) in [6, 6.07) is 17.8. The number of nitrogens with one attached hydrogen (secondary N) is 1. The summed E-state index contributed by atoms with van der Waals surface area (Å²) in [7, 11) is -4.01. The Bertz CT molecular complexity index is 1330. The molecular weight excluding hydrogens is 501 g/mol. The average molecular weight is 520 g/mol. The lowest BCUT2D eigenvalue weighted by atomic mass is 10.2. The van der Waals surface area contributed by atoms with E-state index in [0.717, 1.165) is 4.31 Å². The zero-order valence-corrected chi connectivity index (χ0v) is 20.0. The Kier molecular flexibility index (Phi) is 7.38. The van der Waals surface area contributed by atoms with Gasteiger partial charge in [0.05, 0.1) is 17.7 Å². The highest BCUT2D eigenvalue weighted by atomic mass is 35.5. The fraction of sp³-hybridized carbons (Fsp3) is 0.130. The maximum Gasteiger partial charge on any atom is 0.255 e. The van der Waals surface area contributed by atoms with Crippen molar-refractivity contribution < 1.29 is 22.7 Å². The molecule has 3 aromatic carbocycles. The highest BCUT2D eigenvalue weighted by molar-refractivity contribution is 7.89. The maximum atomic E-state index is 13.3. The summed E-state index contributed by atoms with van der Waals surface area (Å²) in [6.45, 7) is -0.461. The lowest BCUT2D eigenvalue weighted by molar-refractivity contribution is -0.121. The van der Waals surface area contributed by atoms with Crippen molar-refractivity contribution in [3.63, 3.8) is 0 Å². The molecule has 0 bridgehead atoms. The van der Waals surface area contributed by atoms with Crippen LogP contribution in [-0.4, -0.2) is 38.2 Å². The predicted octanol–water partition coefficient (Wildman–Crippen LogP) is 4.06. The van der Waals surface area contributed by atoms with E-state index in [1.54, 1.807) is 48.5 Å². The highest BCUT2D eigenvalue weighted by Gasteiger charge is 2.27. The molecule has 34 heavy (non-hydrogen) atoms. The molecule has 0 saturated heterocycles. The van der Waals surface area contributed by atoms with Gasteiger partial charge in [0.15, 0.2) is 11.5 Å². The normalized spacial score (nSPS) is 12.9. The Morgan fingerprint density at radius 1 is 1.03 bits per heavy atom. The minimum Gasteiger partial charge on any atom is -0.454 e. The van der Waals surface area contributed by atoms with Crippen LogP contribution in [0.15, 0.2) is 76.7 Å². The number of ether oxygens (including phenoxy) is 2. The van der Waals surface area contributed by atoms with Crippen molar-refractivity contribution in [1.82, 2.24) is 9.73 Å². The van der Waals surface area contributed by atoms with Crippen LogP contribution in [0, 0.1) is 0 Å². The number of hydrazone groups is 1. The first-order valence-corrected chi connectivity index (χ1v) is 12.2. The standard InChI is InChI=1S/C23H19Cl2N3O5S/c24-18-8-7-17(20(25)11-18)13-28(34(30,31)19-4-2-1-3-5-19)14-23(29)27-26-12-16-6-9-21-22(10-16)33-15-32-21/h1-12H,13-15H2,(H,27,29)/b26-12-. The van der Waals surface area contributed by atoms with Crippen molar-refractivity contribution >= 4 is 45.3 Å². The third kappa shape index (κ3) is 5.68. The van der Waals surface area contributed by atoms with Gasteiger partial charge < -0.3 is 9.47 Å². The van der Waals surface area contributed by atoms with Crippen LogP contribution in [0.2, 0.25) is 10.0 Å². The van der Waals surface area contributed by atoms with Crippen molar-refractivity contribution in [2.45, 2.75) is 11.4 Å². The number of halogens is 2. The summed E-state index contributed by atoms with van der Waals surface area (Å²) in [5.41, 5.74) is 3.54. The number of nitrogens with zero attached hydrogens (tertiary/aromatic N) is 2. The molecule has 1 N–H and O–H groups in total. The number of amides is 1. The zero-order chi connectivity index (χ0) is 24.1. The van der Waals surface area contributed by atoms with Crippen LogP contribution in [0.5, 0.6) is 11.5 Å². The first kappa shape index (κ1) is 24.0. The van der Waals surface area contributed by atoms with Crippen molar-refractivity contribution in [3.8, 4) is 11.5 Å². The quantitative estimate of drug-likeness (QED) is 0.357. The Hall–Kier alpha value is -3.11. The van der Waals surface area contributed by atoms with Gasteiger partial charge in [0.25, 0.3) is 5.91 Å². The third-order valence-electron chi connectivity index (χ3n) is 4.86. The molecule has 1 heterocycles. The molecule has 0 fully saturated rings. The van der Waals surface area contributed by atoms with E-state index in [-0.39, 0.29) is 18.2 Å². The van der Waals surface area contributed by atoms with Crippen molar-refractivity contribution in [2.75, 3.05) is 13.3 Å². The number of carbonyl (C=O) groups excluding carboxylic acids is 1. The fourth-order valence-corrected chi connectivity index (χ4v) is 5.04. The molecule has 0 spiro atoms. The van der Waals surface area contributed by atoms with E-state index in [4.69, 9.17) is 32.7 Å². The van der Waals surface area contributed by atoms with Crippen LogP contribution in [-0.2, 0) is 21.4 Å². The Morgan fingerprint density at radius 2 is 1.79 bits per heavy atom. The number of sulfonamides is 1. The van der Waals surface area contributed by atoms with E-state index >= 15 is 0 Å². The van der Waals surface area contributed by atoms with Crippen LogP contribution >= 0.6 is 23.2 Å². The molecule has 0 aromatic heterocycles. The summed E-state index contributed by atoms with van der Waals surface area (Å²) in [5.74, 6) is 0.584. The summed E-state index contributed by atoms with van der Waals surface area (Å²) in [5, 5.41) is 4.64. The second-order valence-electron chi connectivity index (χ2n) is 7.23. The molecule has 8 nitrogen and oxygen atoms in total. The molecule has 176 valence electrons. The smallest absolute Gasteiger partial charge is 0.255 e. The average Bonchev–Trinajstić information content (AvgIpc) is 3.29. The lowest BCUT2D eigenvalue weighted by Gasteiger charge is -2.22. The zero-order valence-electron chi connectivity index (χ0n) is 17.6. The summed E-state index contributed by atoms with van der Waals surface area (Å²) >= 11 is 12.2. The Morgan fingerprint density at radius 3 is 2.56 bits per heavy atom. The summed E-state index contributed by atoms with van der Waals surface area (Å²) < 4.78 is 38.1. The highest BCUT2D eigenvalue weighted by Crippen LogP contribution is 2.32. The number of carbonyl (C=O) groups is 1. The first-order chi connectivity index (χ1) is 16.3. The van der Waals surface area contributed by atoms with Crippen molar-refractivity contribution in [3.05, 3.63) is 87.9 Å². The van der Waals surface area contributed by atoms with Gasteiger partial charge in [-0.3, -0.25) is 4.79 Å². The molecule has 0 saturated carbocycles. The number of hydrogen-bond acceptors (Lipinski definition) is 6. The number of benzene rings is 3. The number of rotatable bonds is 8. The van der Waals surface area contributed by atoms with Crippen LogP contribution in [0.3, 0.4) is 0 Å². The molecule has 0 unspecified atom stereocenters. The fourth-order valence-electron chi connectivity index (χ4n) is 3.18. The molecule has 3 aromatic rings. The molecular formula is C23H19Cl2N3O5S. The predicted molar refractivity (Wildman–Crippen MR) is 129 cm³/mol. The number of fused-ring (bicyclic) bond motifs is 1. The van der Waals surface area contributed by atoms with E-state index in [1.165, 1.54) is 24.4 Å². The molecule has 11 heteroatoms. The SMILES string of the molecule is O=C(CN(Cc1ccc(Cl)cc1Cl)S(=O)(=O)c1ccccc1)N/N=C\c1ccc2c(c1)OCO2. The molecule has 0 radical (unpaired) electrons. The lowest BCUT2D eigenvalue weighted by Crippen LogP contribution is -2.39. The molecule has 1 aliphatic rings. The third-order valence-corrected chi connectivity index (χ3v) is 7.26. The van der Waals surface area contributed by atoms with Gasteiger partial charge in [-0.25, -0.2) is 13.8 Å². The van der Waals surface area contributed by atoms with Crippen LogP contribution < -0.4 is 14.9 Å². The second-order valence-corrected chi connectivity index (χ2v) is 10.0. The summed E-state index contributed by atoms with van der Waals surface area (Å²) in [6.07, 6.45) is 1.42. The molecule has 1 aliphatic heterocycles. The number of hydrogen-bond donors (Lipinski definition) is 1. The monoisotopic (exact) mass is 519 g/mol. The van der Waals surface area contributed by atoms with Crippen molar-refractivity contribution in [2.24, 2.45) is 5.10 Å². The van der Waals surface area contributed by atoms with E-state index in [0.29, 0.717) is 32.7 Å². The Balaban J connectivity index is 1.50. The van der Waals surface area contributed by atoms with Crippen LogP contribution in [0.1, 0.15) is 11.1 Å². The first-order valence-electron chi connectivity index (χ1n) is 10.0. The van der Waals surface area contributed by atoms with Crippen LogP contribution in [0.25, 0.3) is 0 Å². The van der Waals surface area contributed by atoms with Gasteiger partial charge in [-0.2, -0.15) is 9.41 Å². The van der Waals surface area contributed by atoms with Gasteiger partial charge in [0.2, 0.25) is 16.8 Å². The van der Waals surface area contributed by atoms with Gasteiger partial charge in [-0.1, -0.05) is 47.5 Å². The van der Waals surface area contributed by atoms with E-state index in [1.807, 2.05) is 0 Å². The molecule has 0 aliphatic carbocycles. The van der Waals surface area contributed by atoms with E-state index in [2.05, 4.69) is 10.5 Å². The van der Waals surface area contributed by atoms with Crippen molar-refractivity contribution in [1.29, 1.82) is 0 Å². The summed E-state index contributed by atoms with van der Waals surface area (Å²) in [4.78, 5) is 12.7. The van der Waals surface area contributed by atoms with Gasteiger partial charge in [0.1, 0.15) is 0 Å². The molecule has 4 rings (SSSR count). The van der Waals surface area contributed by atoms with Gasteiger partial charge >= 0.3 is 0 Å².